The molecule has 0 aliphatic heterocycles. The minimum absolute atomic E-state index is 0. The summed E-state index contributed by atoms with van der Waals surface area (Å²) in [5.74, 6) is 0. The van der Waals surface area contributed by atoms with E-state index in [1.807, 2.05) is 20.8 Å². The second-order valence-corrected chi connectivity index (χ2v) is 11.5. The van der Waals surface area contributed by atoms with Crippen LogP contribution in [0.25, 0.3) is 0 Å². The molecule has 0 amide bonds. The molecule has 1 N–H and O–H groups in total. The van der Waals surface area contributed by atoms with Gasteiger partial charge in [-0.2, -0.15) is 0 Å². The fraction of sp³-hybridized carbons (Fsp3) is 0.680. The Kier molecular flexibility index (Phi) is 12.2. The Morgan fingerprint density at radius 1 is 0.833 bits per heavy atom. The third-order valence-corrected chi connectivity index (χ3v) is 6.92. The van der Waals surface area contributed by atoms with Crippen molar-refractivity contribution in [3.05, 3.63) is 24.3 Å². The van der Waals surface area contributed by atoms with Crippen molar-refractivity contribution in [3.8, 4) is 0 Å². The molecule has 5 heteroatoms. The van der Waals surface area contributed by atoms with Gasteiger partial charge in [-0.1, -0.05) is 14.9 Å². The standard InChI is InChI=1S/C12H18N.C11H16NO.2CH4.2V.2H2/c1-10(11(2,3)4)8-13-9-12(5)6-7-12;1-9(10(2,3)4)7-12-8-11(13)5-6-11;;;;;;/h1,8H,6-7H2,2-5H3;1,7,13H,5-6H2,2-4H3;2*1H4;;;2*1H/q2*-1;;;;;;/i;;;;;;2*1+1. The zero-order valence-electron chi connectivity index (χ0n) is 18.4. The van der Waals surface area contributed by atoms with Crippen LogP contribution < -0.4 is 0 Å². The van der Waals surface area contributed by atoms with Crippen molar-refractivity contribution in [2.45, 2.75) is 94.6 Å². The van der Waals surface area contributed by atoms with Gasteiger partial charge < -0.3 is 0 Å². The Morgan fingerprint density at radius 2 is 1.17 bits per heavy atom. The molecule has 2 aliphatic rings. The number of aliphatic hydroxyl groups is 1. The molecule has 2 saturated carbocycles. The van der Waals surface area contributed by atoms with E-state index in [1.165, 1.54) is 12.8 Å². The van der Waals surface area contributed by atoms with Crippen LogP contribution in [0.4, 0.5) is 0 Å². The van der Waals surface area contributed by atoms with Crippen LogP contribution in [0, 0.1) is 29.4 Å². The summed E-state index contributed by atoms with van der Waals surface area (Å²) in [4.78, 5) is 8.60. The Morgan fingerprint density at radius 3 is 1.43 bits per heavy atom. The van der Waals surface area contributed by atoms with Gasteiger partial charge in [-0.3, -0.25) is 0 Å². The average Bonchev–Trinajstić information content (AvgIpc) is 3.48. The van der Waals surface area contributed by atoms with Gasteiger partial charge in [0.1, 0.15) is 0 Å². The van der Waals surface area contributed by atoms with Gasteiger partial charge in [0.05, 0.1) is 0 Å². The van der Waals surface area contributed by atoms with E-state index in [9.17, 15) is 5.11 Å². The molecule has 2 rings (SSSR count). The van der Waals surface area contributed by atoms with Gasteiger partial charge in [0.15, 0.2) is 0 Å². The SMILES string of the molecule is C.C.[2HH].[2HH].[CH-]=C(C=N[C](=[V])C1(C)CC1)C(C)(C)C.[CH-]=C(C=N[C](=[V])C1(O)CC1)C(C)(C)C. The summed E-state index contributed by atoms with van der Waals surface area (Å²) in [5.41, 5.74) is 1.20. The van der Waals surface area contributed by atoms with Gasteiger partial charge in [-0.05, 0) is 0 Å². The summed E-state index contributed by atoms with van der Waals surface area (Å²) in [6.45, 7) is 26.4. The molecule has 0 aromatic rings. The summed E-state index contributed by atoms with van der Waals surface area (Å²) in [6.07, 6.45) is 7.57. The molecule has 0 aromatic heterocycles. The second-order valence-electron chi connectivity index (χ2n) is 10.2. The van der Waals surface area contributed by atoms with Crippen molar-refractivity contribution < 1.29 is 41.9 Å². The van der Waals surface area contributed by atoms with Crippen molar-refractivity contribution in [1.29, 1.82) is 0 Å². The van der Waals surface area contributed by atoms with E-state index in [-0.39, 0.29) is 28.5 Å². The molecule has 0 unspecified atom stereocenters. The molecule has 3 nitrogen and oxygen atoms in total. The summed E-state index contributed by atoms with van der Waals surface area (Å²) < 4.78 is 1.86. The van der Waals surface area contributed by atoms with Crippen LogP contribution in [0.3, 0.4) is 0 Å². The van der Waals surface area contributed by atoms with E-state index >= 15 is 0 Å². The number of rotatable bonds is 6. The molecular formula is C25H46N2OV2-2. The van der Waals surface area contributed by atoms with Crippen LogP contribution in [-0.4, -0.2) is 31.8 Å². The van der Waals surface area contributed by atoms with Crippen molar-refractivity contribution in [1.82, 2.24) is 0 Å². The first-order valence-electron chi connectivity index (χ1n) is 9.70. The van der Waals surface area contributed by atoms with Gasteiger partial charge in [-0.25, -0.2) is 0 Å². The van der Waals surface area contributed by atoms with Crippen molar-refractivity contribution in [2.75, 3.05) is 0 Å². The quantitative estimate of drug-likeness (QED) is 0.339. The summed E-state index contributed by atoms with van der Waals surface area (Å²) >= 11 is 4.88. The Hall–Kier alpha value is -0.311. The van der Waals surface area contributed by atoms with Crippen molar-refractivity contribution >= 4 is 21.1 Å². The number of hydrogen-bond acceptors (Lipinski definition) is 3. The van der Waals surface area contributed by atoms with E-state index in [4.69, 9.17) is 13.2 Å². The van der Waals surface area contributed by atoms with E-state index < -0.39 is 5.60 Å². The van der Waals surface area contributed by atoms with Crippen LogP contribution in [0.5, 0.6) is 0 Å². The summed E-state index contributed by atoms with van der Waals surface area (Å²) in [5, 5.41) is 9.70. The predicted molar refractivity (Wildman–Crippen MR) is 131 cm³/mol. The zero-order valence-corrected chi connectivity index (χ0v) is 21.2. The van der Waals surface area contributed by atoms with Gasteiger partial charge in [0, 0.05) is 2.85 Å². The van der Waals surface area contributed by atoms with Crippen LogP contribution in [0.15, 0.2) is 21.1 Å². The van der Waals surface area contributed by atoms with E-state index in [0.29, 0.717) is 9.77 Å². The van der Waals surface area contributed by atoms with Crippen LogP contribution in [-0.2, 0) is 34.0 Å². The molecule has 0 saturated heterocycles. The fourth-order valence-corrected chi connectivity index (χ4v) is 2.56. The van der Waals surface area contributed by atoms with Crippen LogP contribution >= 0.6 is 0 Å². The number of aliphatic imine (C=N–C) groups is 2. The first-order valence-corrected chi connectivity index (χ1v) is 11.1. The molecule has 0 heterocycles. The third kappa shape index (κ3) is 10.3. The van der Waals surface area contributed by atoms with E-state index in [0.717, 1.165) is 28.3 Å². The van der Waals surface area contributed by atoms with Gasteiger partial charge in [0.25, 0.3) is 0 Å². The Bertz CT molecular complexity index is 621. The Balaban J connectivity index is -0.000000218. The molecular weight excluding hydrogens is 446 g/mol. The monoisotopic (exact) mass is 494 g/mol. The number of nitrogens with zero attached hydrogens (tertiary/aromatic N) is 2. The van der Waals surface area contributed by atoms with Crippen molar-refractivity contribution in [2.24, 2.45) is 26.2 Å². The average molecular weight is 495 g/mol. The zero-order chi connectivity index (χ0) is 22.0. The van der Waals surface area contributed by atoms with Crippen molar-refractivity contribution in [3.63, 3.8) is 0 Å². The summed E-state index contributed by atoms with van der Waals surface area (Å²) in [6, 6.07) is 0. The molecule has 30 heavy (non-hydrogen) atoms. The molecule has 2 aliphatic carbocycles. The topological polar surface area (TPSA) is 45.0 Å². The van der Waals surface area contributed by atoms with Gasteiger partial charge in [0.2, 0.25) is 0 Å². The number of allylic oxidation sites excluding steroid dienone is 2. The maximum absolute atomic E-state index is 9.70. The molecule has 0 spiro atoms. The first-order chi connectivity index (χ1) is 12.5. The van der Waals surface area contributed by atoms with E-state index in [1.54, 1.807) is 12.4 Å². The molecule has 0 radical (unpaired) electrons. The van der Waals surface area contributed by atoms with Gasteiger partial charge >= 0.3 is 190 Å². The molecule has 2 fully saturated rings. The molecule has 0 aromatic carbocycles. The fourth-order valence-electron chi connectivity index (χ4n) is 1.68. The van der Waals surface area contributed by atoms with Crippen LogP contribution in [0.2, 0.25) is 0 Å². The maximum atomic E-state index is 9.70. The molecule has 174 valence electrons. The normalized spacial score (nSPS) is 18.3. The molecule has 0 bridgehead atoms. The third-order valence-electron chi connectivity index (χ3n) is 5.06. The second kappa shape index (κ2) is 11.5. The predicted octanol–water partition coefficient (Wildman–Crippen LogP) is 6.37. The number of hydrogen-bond donors (Lipinski definition) is 1. The minimum atomic E-state index is -0.658. The van der Waals surface area contributed by atoms with E-state index in [2.05, 4.69) is 71.6 Å². The van der Waals surface area contributed by atoms with Gasteiger partial charge in [-0.15, -0.1) is 0 Å². The first kappa shape index (κ1) is 31.9. The molecule has 0 atom stereocenters. The van der Waals surface area contributed by atoms with Crippen LogP contribution in [0.1, 0.15) is 91.9 Å². The summed E-state index contributed by atoms with van der Waals surface area (Å²) in [7, 11) is 0. The Labute approximate surface area is 207 Å².